The monoisotopic (exact) mass is 536 g/mol. The van der Waals surface area contributed by atoms with Gasteiger partial charge >= 0.3 is 0 Å². The van der Waals surface area contributed by atoms with E-state index in [9.17, 15) is 0 Å². The van der Waals surface area contributed by atoms with Gasteiger partial charge in [0.05, 0.1) is 11.7 Å². The molecule has 3 aromatic carbocycles. The third-order valence-corrected chi connectivity index (χ3v) is 7.43. The zero-order valence-electron chi connectivity index (χ0n) is 20.7. The van der Waals surface area contributed by atoms with Gasteiger partial charge in [0.1, 0.15) is 17.5 Å². The van der Waals surface area contributed by atoms with Crippen LogP contribution >= 0.6 is 23.8 Å². The molecule has 0 spiro atoms. The zero-order chi connectivity index (χ0) is 26.1. The summed E-state index contributed by atoms with van der Waals surface area (Å²) in [5, 5.41) is 4.93. The van der Waals surface area contributed by atoms with E-state index in [0.29, 0.717) is 5.11 Å². The number of anilines is 1. The van der Waals surface area contributed by atoms with Crippen LogP contribution in [0.25, 0.3) is 5.69 Å². The highest BCUT2D eigenvalue weighted by Gasteiger charge is 2.42. The lowest BCUT2D eigenvalue weighted by Gasteiger charge is -2.29. The first-order valence-corrected chi connectivity index (χ1v) is 13.1. The maximum Gasteiger partial charge on any atom is 0.174 e. The molecule has 0 aliphatic carbocycles. The number of nitrogens with zero attached hydrogens (tertiary/aromatic N) is 3. The lowest BCUT2D eigenvalue weighted by atomic mass is 10.0. The van der Waals surface area contributed by atoms with Crippen LogP contribution in [0.1, 0.15) is 29.0 Å². The summed E-state index contributed by atoms with van der Waals surface area (Å²) in [6.45, 7) is 2.02. The number of pyridine rings is 1. The molecule has 1 N–H and O–H groups in total. The first kappa shape index (κ1) is 24.2. The van der Waals surface area contributed by atoms with Gasteiger partial charge in [-0.3, -0.25) is 4.98 Å². The van der Waals surface area contributed by atoms with Crippen LogP contribution < -0.4 is 15.0 Å². The topological polar surface area (TPSA) is 42.3 Å². The normalized spacial score (nSPS) is 16.9. The Kier molecular flexibility index (Phi) is 6.58. The number of aromatic nitrogens is 2. The predicted octanol–water partition coefficient (Wildman–Crippen LogP) is 7.80. The van der Waals surface area contributed by atoms with E-state index >= 15 is 0 Å². The molecule has 0 radical (unpaired) electrons. The van der Waals surface area contributed by atoms with E-state index in [2.05, 4.69) is 44.2 Å². The van der Waals surface area contributed by atoms with Gasteiger partial charge in [-0.25, -0.2) is 0 Å². The van der Waals surface area contributed by atoms with Crippen molar-refractivity contribution in [2.75, 3.05) is 4.90 Å². The fraction of sp³-hybridized carbons (Fsp3) is 0.0968. The largest absolute Gasteiger partial charge is 0.457 e. The SMILES string of the molecule is Cc1cc(-n2cccc2[C@@H]2[C@H](c3ccccn3)NC(=S)N2c2ccc(Oc3ccccc3)cc2)ccc1Cl. The van der Waals surface area contributed by atoms with Gasteiger partial charge in [-0.2, -0.15) is 0 Å². The second-order valence-electron chi connectivity index (χ2n) is 9.14. The number of para-hydroxylation sites is 1. The highest BCUT2D eigenvalue weighted by molar-refractivity contribution is 7.80. The molecule has 188 valence electrons. The Balaban J connectivity index is 1.41. The van der Waals surface area contributed by atoms with E-state index in [4.69, 9.17) is 28.6 Å². The molecule has 0 amide bonds. The standard InChI is InChI=1S/C31H25ClN4OS/c1-21-20-23(14-17-26(21)32)35-19-7-11-28(35)30-29(27-10-5-6-18-33-27)34-31(38)36(30)22-12-15-25(16-13-22)37-24-8-3-2-4-9-24/h2-20,29-30H,1H3,(H,34,38)/t29-,30+/m0/s1. The number of ether oxygens (including phenoxy) is 1. The second kappa shape index (κ2) is 10.3. The third-order valence-electron chi connectivity index (χ3n) is 6.69. The number of benzene rings is 3. The van der Waals surface area contributed by atoms with Crippen molar-refractivity contribution in [2.45, 2.75) is 19.0 Å². The molecular weight excluding hydrogens is 512 g/mol. The van der Waals surface area contributed by atoms with Crippen LogP contribution in [-0.2, 0) is 0 Å². The minimum Gasteiger partial charge on any atom is -0.457 e. The van der Waals surface area contributed by atoms with Gasteiger partial charge in [0.15, 0.2) is 5.11 Å². The molecule has 5 nitrogen and oxygen atoms in total. The minimum atomic E-state index is -0.149. The Morgan fingerprint density at radius 1 is 0.842 bits per heavy atom. The van der Waals surface area contributed by atoms with Crippen LogP contribution in [0.15, 0.2) is 116 Å². The molecule has 3 heterocycles. The van der Waals surface area contributed by atoms with Crippen molar-refractivity contribution in [3.05, 3.63) is 137 Å². The second-order valence-corrected chi connectivity index (χ2v) is 9.94. The van der Waals surface area contributed by atoms with Crippen molar-refractivity contribution in [1.29, 1.82) is 0 Å². The smallest absolute Gasteiger partial charge is 0.174 e. The Morgan fingerprint density at radius 3 is 2.32 bits per heavy atom. The van der Waals surface area contributed by atoms with Crippen LogP contribution in [0, 0.1) is 6.92 Å². The number of aryl methyl sites for hydroxylation is 1. The molecule has 5 aromatic rings. The molecule has 1 saturated heterocycles. The summed E-state index contributed by atoms with van der Waals surface area (Å²) in [5.41, 5.74) is 5.03. The summed E-state index contributed by atoms with van der Waals surface area (Å²) < 4.78 is 8.21. The van der Waals surface area contributed by atoms with Gasteiger partial charge < -0.3 is 19.5 Å². The molecule has 2 atom stereocenters. The number of hydrogen-bond acceptors (Lipinski definition) is 3. The Hall–Kier alpha value is -4.13. The van der Waals surface area contributed by atoms with Gasteiger partial charge in [0.25, 0.3) is 0 Å². The molecule has 7 heteroatoms. The molecule has 0 bridgehead atoms. The summed E-state index contributed by atoms with van der Waals surface area (Å²) in [6.07, 6.45) is 3.89. The lowest BCUT2D eigenvalue weighted by molar-refractivity contribution is 0.482. The van der Waals surface area contributed by atoms with Gasteiger partial charge in [0.2, 0.25) is 0 Å². The van der Waals surface area contributed by atoms with Crippen LogP contribution in [0.2, 0.25) is 5.02 Å². The lowest BCUT2D eigenvalue weighted by Crippen LogP contribution is -2.30. The molecule has 1 fully saturated rings. The van der Waals surface area contributed by atoms with Gasteiger partial charge in [-0.1, -0.05) is 35.9 Å². The fourth-order valence-corrected chi connectivity index (χ4v) is 5.35. The van der Waals surface area contributed by atoms with Crippen LogP contribution in [0.4, 0.5) is 5.69 Å². The van der Waals surface area contributed by atoms with Crippen molar-refractivity contribution in [3.8, 4) is 17.2 Å². The van der Waals surface area contributed by atoms with Crippen molar-refractivity contribution in [3.63, 3.8) is 0 Å². The quantitative estimate of drug-likeness (QED) is 0.224. The van der Waals surface area contributed by atoms with Crippen LogP contribution in [-0.4, -0.2) is 14.7 Å². The van der Waals surface area contributed by atoms with Crippen LogP contribution in [0.3, 0.4) is 0 Å². The Bertz CT molecular complexity index is 1570. The van der Waals surface area contributed by atoms with E-state index in [0.717, 1.165) is 44.8 Å². The molecular formula is C31H25ClN4OS. The molecule has 6 rings (SSSR count). The van der Waals surface area contributed by atoms with Gasteiger partial charge in [-0.15, -0.1) is 0 Å². The summed E-state index contributed by atoms with van der Waals surface area (Å²) in [7, 11) is 0. The summed E-state index contributed by atoms with van der Waals surface area (Å²) in [6, 6.07) is 33.7. The van der Waals surface area contributed by atoms with Gasteiger partial charge in [-0.05, 0) is 104 Å². The first-order chi connectivity index (χ1) is 18.6. The van der Waals surface area contributed by atoms with Crippen molar-refractivity contribution < 1.29 is 4.74 Å². The van der Waals surface area contributed by atoms with Crippen molar-refractivity contribution in [2.24, 2.45) is 0 Å². The zero-order valence-corrected chi connectivity index (χ0v) is 22.2. The number of hydrogen-bond donors (Lipinski definition) is 1. The van der Waals surface area contributed by atoms with Crippen molar-refractivity contribution >= 4 is 34.6 Å². The molecule has 1 aliphatic rings. The number of thiocarbonyl (C=S) groups is 1. The Morgan fingerprint density at radius 2 is 1.58 bits per heavy atom. The average molecular weight is 537 g/mol. The number of rotatable bonds is 6. The molecule has 0 unspecified atom stereocenters. The predicted molar refractivity (Wildman–Crippen MR) is 156 cm³/mol. The highest BCUT2D eigenvalue weighted by atomic mass is 35.5. The van der Waals surface area contributed by atoms with Gasteiger partial charge in [0, 0.05) is 34.5 Å². The van der Waals surface area contributed by atoms with E-state index in [-0.39, 0.29) is 12.1 Å². The summed E-state index contributed by atoms with van der Waals surface area (Å²) in [5.74, 6) is 1.55. The molecule has 38 heavy (non-hydrogen) atoms. The summed E-state index contributed by atoms with van der Waals surface area (Å²) >= 11 is 12.3. The number of nitrogens with one attached hydrogen (secondary N) is 1. The molecule has 2 aromatic heterocycles. The summed E-state index contributed by atoms with van der Waals surface area (Å²) in [4.78, 5) is 6.84. The fourth-order valence-electron chi connectivity index (χ4n) is 4.88. The third kappa shape index (κ3) is 4.64. The Labute approximate surface area is 232 Å². The average Bonchev–Trinajstić information content (AvgIpc) is 3.56. The highest BCUT2D eigenvalue weighted by Crippen LogP contribution is 2.42. The van der Waals surface area contributed by atoms with Crippen molar-refractivity contribution in [1.82, 2.24) is 14.9 Å². The van der Waals surface area contributed by atoms with E-state index < -0.39 is 0 Å². The van der Waals surface area contributed by atoms with E-state index in [1.807, 2.05) is 98.0 Å². The van der Waals surface area contributed by atoms with E-state index in [1.54, 1.807) is 0 Å². The minimum absolute atomic E-state index is 0.147. The molecule has 1 aliphatic heterocycles. The first-order valence-electron chi connectivity index (χ1n) is 12.4. The maximum absolute atomic E-state index is 6.34. The molecule has 0 saturated carbocycles. The number of halogens is 1. The van der Waals surface area contributed by atoms with E-state index in [1.165, 1.54) is 0 Å². The van der Waals surface area contributed by atoms with Crippen LogP contribution in [0.5, 0.6) is 11.5 Å². The maximum atomic E-state index is 6.34.